The van der Waals surface area contributed by atoms with Gasteiger partial charge in [-0.2, -0.15) is 5.26 Å². The molecule has 2 rings (SSSR count). The summed E-state index contributed by atoms with van der Waals surface area (Å²) in [6.07, 6.45) is 5.61. The highest BCUT2D eigenvalue weighted by Crippen LogP contribution is 2.12. The van der Waals surface area contributed by atoms with E-state index in [1.807, 2.05) is 36.1 Å². The summed E-state index contributed by atoms with van der Waals surface area (Å²) >= 11 is 0. The summed E-state index contributed by atoms with van der Waals surface area (Å²) in [7, 11) is 1.88. The third-order valence-corrected chi connectivity index (χ3v) is 2.97. The van der Waals surface area contributed by atoms with Crippen LogP contribution < -0.4 is 5.32 Å². The predicted molar refractivity (Wildman–Crippen MR) is 69.6 cm³/mol. The first kappa shape index (κ1) is 12.3. The minimum absolute atomic E-state index is 0.240. The highest BCUT2D eigenvalue weighted by atomic mass is 14.9. The molecule has 0 spiro atoms. The van der Waals surface area contributed by atoms with Gasteiger partial charge >= 0.3 is 0 Å². The molecule has 1 N–H and O–H groups in total. The average molecular weight is 240 g/mol. The lowest BCUT2D eigenvalue weighted by Crippen LogP contribution is -2.17. The van der Waals surface area contributed by atoms with E-state index in [0.29, 0.717) is 5.69 Å². The fraction of sp³-hybridized carbons (Fsp3) is 0.286. The van der Waals surface area contributed by atoms with Gasteiger partial charge in [-0.15, -0.1) is 0 Å². The van der Waals surface area contributed by atoms with Gasteiger partial charge in [-0.05, 0) is 30.2 Å². The van der Waals surface area contributed by atoms with E-state index < -0.39 is 0 Å². The van der Waals surface area contributed by atoms with Crippen LogP contribution in [0.5, 0.6) is 0 Å². The molecule has 0 amide bonds. The van der Waals surface area contributed by atoms with Gasteiger partial charge in [-0.3, -0.25) is 4.98 Å². The molecule has 1 atom stereocenters. The highest BCUT2D eigenvalue weighted by molar-refractivity contribution is 5.28. The number of pyridine rings is 1. The Bertz CT molecular complexity index is 551. The summed E-state index contributed by atoms with van der Waals surface area (Å²) in [5, 5.41) is 12.3. The molecule has 0 bridgehead atoms. The second-order valence-corrected chi connectivity index (χ2v) is 4.35. The molecule has 2 heterocycles. The number of nitrogens with zero attached hydrogens (tertiary/aromatic N) is 3. The van der Waals surface area contributed by atoms with Gasteiger partial charge in [0.05, 0.1) is 0 Å². The lowest BCUT2D eigenvalue weighted by molar-refractivity contribution is 0.573. The molecular formula is C14H16N4. The standard InChI is InChI=1S/C14H16N4/c1-11(13-4-3-5-16-9-13)17-8-12-6-14(7-15)18(2)10-12/h3-6,9-11,17H,8H2,1-2H3/t11-/m0/s1. The van der Waals surface area contributed by atoms with E-state index in [4.69, 9.17) is 5.26 Å². The number of hydrogen-bond donors (Lipinski definition) is 1. The molecule has 0 aliphatic carbocycles. The molecule has 0 aliphatic rings. The number of nitrogens with one attached hydrogen (secondary N) is 1. The van der Waals surface area contributed by atoms with Crippen molar-refractivity contribution in [2.45, 2.75) is 19.5 Å². The van der Waals surface area contributed by atoms with Gasteiger partial charge in [0.25, 0.3) is 0 Å². The van der Waals surface area contributed by atoms with E-state index >= 15 is 0 Å². The summed E-state index contributed by atoms with van der Waals surface area (Å²) in [6, 6.07) is 8.29. The molecule has 0 saturated carbocycles. The number of rotatable bonds is 4. The van der Waals surface area contributed by atoms with Gasteiger partial charge in [0.2, 0.25) is 0 Å². The minimum atomic E-state index is 0.240. The van der Waals surface area contributed by atoms with Gasteiger partial charge in [0, 0.05) is 38.2 Å². The number of hydrogen-bond acceptors (Lipinski definition) is 3. The fourth-order valence-electron chi connectivity index (χ4n) is 1.86. The topological polar surface area (TPSA) is 53.6 Å². The first-order valence-corrected chi connectivity index (χ1v) is 5.89. The molecule has 4 nitrogen and oxygen atoms in total. The fourth-order valence-corrected chi connectivity index (χ4v) is 1.86. The molecule has 0 unspecified atom stereocenters. The Balaban J connectivity index is 1.97. The van der Waals surface area contributed by atoms with Crippen molar-refractivity contribution in [1.82, 2.24) is 14.9 Å². The summed E-state index contributed by atoms with van der Waals surface area (Å²) in [5.74, 6) is 0. The van der Waals surface area contributed by atoms with Crippen LogP contribution in [0.25, 0.3) is 0 Å². The second-order valence-electron chi connectivity index (χ2n) is 4.35. The van der Waals surface area contributed by atoms with Gasteiger partial charge in [-0.1, -0.05) is 6.07 Å². The smallest absolute Gasteiger partial charge is 0.120 e. The highest BCUT2D eigenvalue weighted by Gasteiger charge is 2.06. The molecule has 0 saturated heterocycles. The molecule has 2 aromatic heterocycles. The Labute approximate surface area is 107 Å². The van der Waals surface area contributed by atoms with Crippen molar-refractivity contribution in [2.24, 2.45) is 7.05 Å². The predicted octanol–water partition coefficient (Wildman–Crippen LogP) is 2.14. The van der Waals surface area contributed by atoms with Crippen molar-refractivity contribution in [3.05, 3.63) is 53.6 Å². The van der Waals surface area contributed by atoms with Crippen LogP contribution >= 0.6 is 0 Å². The van der Waals surface area contributed by atoms with E-state index in [1.165, 1.54) is 0 Å². The third kappa shape index (κ3) is 2.76. The zero-order valence-corrected chi connectivity index (χ0v) is 10.6. The van der Waals surface area contributed by atoms with Crippen LogP contribution in [0.2, 0.25) is 0 Å². The van der Waals surface area contributed by atoms with Gasteiger partial charge in [0.1, 0.15) is 11.8 Å². The Hall–Kier alpha value is -2.12. The maximum absolute atomic E-state index is 8.89. The van der Waals surface area contributed by atoms with Crippen LogP contribution in [-0.2, 0) is 13.6 Å². The monoisotopic (exact) mass is 240 g/mol. The zero-order chi connectivity index (χ0) is 13.0. The zero-order valence-electron chi connectivity index (χ0n) is 10.6. The number of aryl methyl sites for hydroxylation is 1. The Kier molecular flexibility index (Phi) is 3.75. The van der Waals surface area contributed by atoms with Crippen LogP contribution in [0.15, 0.2) is 36.8 Å². The average Bonchev–Trinajstić information content (AvgIpc) is 2.77. The SMILES string of the molecule is C[C@H](NCc1cc(C#N)n(C)c1)c1cccnc1. The second kappa shape index (κ2) is 5.48. The largest absolute Gasteiger partial charge is 0.342 e. The summed E-state index contributed by atoms with van der Waals surface area (Å²) < 4.78 is 1.84. The van der Waals surface area contributed by atoms with Gasteiger partial charge < -0.3 is 9.88 Å². The van der Waals surface area contributed by atoms with Crippen molar-refractivity contribution in [3.8, 4) is 6.07 Å². The van der Waals surface area contributed by atoms with Crippen molar-refractivity contribution in [1.29, 1.82) is 5.26 Å². The molecule has 2 aromatic rings. The van der Waals surface area contributed by atoms with Gasteiger partial charge in [0.15, 0.2) is 0 Å². The van der Waals surface area contributed by atoms with Gasteiger partial charge in [-0.25, -0.2) is 0 Å². The van der Waals surface area contributed by atoms with Crippen LogP contribution in [-0.4, -0.2) is 9.55 Å². The summed E-state index contributed by atoms with van der Waals surface area (Å²) in [4.78, 5) is 4.11. The minimum Gasteiger partial charge on any atom is -0.342 e. The first-order chi connectivity index (χ1) is 8.70. The van der Waals surface area contributed by atoms with Crippen LogP contribution in [0.3, 0.4) is 0 Å². The quantitative estimate of drug-likeness (QED) is 0.890. The number of nitriles is 1. The molecule has 4 heteroatoms. The van der Waals surface area contributed by atoms with E-state index in [0.717, 1.165) is 17.7 Å². The summed E-state index contributed by atoms with van der Waals surface area (Å²) in [5.41, 5.74) is 2.96. The molecule has 92 valence electrons. The lowest BCUT2D eigenvalue weighted by Gasteiger charge is -2.12. The van der Waals surface area contributed by atoms with Crippen molar-refractivity contribution in [2.75, 3.05) is 0 Å². The first-order valence-electron chi connectivity index (χ1n) is 5.89. The van der Waals surface area contributed by atoms with Crippen LogP contribution in [0, 0.1) is 11.3 Å². The molecular weight excluding hydrogens is 224 g/mol. The Morgan fingerprint density at radius 1 is 1.56 bits per heavy atom. The molecule has 0 aromatic carbocycles. The maximum Gasteiger partial charge on any atom is 0.120 e. The Morgan fingerprint density at radius 3 is 3.00 bits per heavy atom. The number of aromatic nitrogens is 2. The Morgan fingerprint density at radius 2 is 2.39 bits per heavy atom. The van der Waals surface area contributed by atoms with Crippen molar-refractivity contribution in [3.63, 3.8) is 0 Å². The summed E-state index contributed by atoms with van der Waals surface area (Å²) in [6.45, 7) is 2.84. The van der Waals surface area contributed by atoms with Crippen molar-refractivity contribution >= 4 is 0 Å². The molecule has 0 radical (unpaired) electrons. The molecule has 0 aliphatic heterocycles. The van der Waals surface area contributed by atoms with E-state index in [-0.39, 0.29) is 6.04 Å². The molecule has 0 fully saturated rings. The lowest BCUT2D eigenvalue weighted by atomic mass is 10.1. The third-order valence-electron chi connectivity index (χ3n) is 2.97. The van der Waals surface area contributed by atoms with Crippen molar-refractivity contribution < 1.29 is 0 Å². The normalized spacial score (nSPS) is 12.1. The van der Waals surface area contributed by atoms with Crippen LogP contribution in [0.1, 0.15) is 29.8 Å². The maximum atomic E-state index is 8.89. The van der Waals surface area contributed by atoms with Crippen LogP contribution in [0.4, 0.5) is 0 Å². The van der Waals surface area contributed by atoms with E-state index in [2.05, 4.69) is 29.4 Å². The van der Waals surface area contributed by atoms with E-state index in [9.17, 15) is 0 Å². The molecule has 18 heavy (non-hydrogen) atoms. The van der Waals surface area contributed by atoms with E-state index in [1.54, 1.807) is 6.20 Å².